The summed E-state index contributed by atoms with van der Waals surface area (Å²) in [6.45, 7) is 14.4. The van der Waals surface area contributed by atoms with Crippen LogP contribution in [-0.4, -0.2) is 6.21 Å². The van der Waals surface area contributed by atoms with Crippen molar-refractivity contribution in [2.24, 2.45) is 10.4 Å². The Bertz CT molecular complexity index is 439. The lowest BCUT2D eigenvalue weighted by atomic mass is 9.83. The summed E-state index contributed by atoms with van der Waals surface area (Å²) < 4.78 is 0. The number of para-hydroxylation sites is 1. The van der Waals surface area contributed by atoms with Crippen molar-refractivity contribution >= 4 is 18.0 Å². The number of aliphatic imine (C=N–C) groups is 1. The Morgan fingerprint density at radius 2 is 2.00 bits per heavy atom. The molecule has 0 aliphatic rings. The molecule has 0 amide bonds. The molecule has 0 unspecified atom stereocenters. The lowest BCUT2D eigenvalue weighted by Gasteiger charge is -2.22. The van der Waals surface area contributed by atoms with Gasteiger partial charge in [-0.15, -0.1) is 0 Å². The zero-order valence-corrected chi connectivity index (χ0v) is 11.0. The standard InChI is InChI=1S/C16H21N/c1-6-14-10-8-9-11-15(14)17-12-13(3)16(4,5)7-2/h6,8-12H,1,3,7H2,2,4-5H3. The smallest absolute Gasteiger partial charge is 0.0701 e. The van der Waals surface area contributed by atoms with E-state index < -0.39 is 0 Å². The topological polar surface area (TPSA) is 12.4 Å². The van der Waals surface area contributed by atoms with Crippen LogP contribution in [0.4, 0.5) is 5.69 Å². The minimum Gasteiger partial charge on any atom is -0.256 e. The van der Waals surface area contributed by atoms with Gasteiger partial charge >= 0.3 is 0 Å². The molecule has 0 saturated heterocycles. The monoisotopic (exact) mass is 227 g/mol. The molecular formula is C16H21N. The first-order chi connectivity index (χ1) is 8.01. The molecule has 0 heterocycles. The Morgan fingerprint density at radius 3 is 2.59 bits per heavy atom. The maximum atomic E-state index is 4.50. The molecule has 0 N–H and O–H groups in total. The van der Waals surface area contributed by atoms with Gasteiger partial charge in [-0.2, -0.15) is 0 Å². The molecule has 0 aliphatic heterocycles. The third kappa shape index (κ3) is 3.42. The van der Waals surface area contributed by atoms with E-state index in [0.29, 0.717) is 0 Å². The second kappa shape index (κ2) is 5.62. The van der Waals surface area contributed by atoms with E-state index in [1.54, 1.807) is 0 Å². The lowest BCUT2D eigenvalue weighted by molar-refractivity contribution is 0.449. The Morgan fingerprint density at radius 1 is 1.35 bits per heavy atom. The molecular weight excluding hydrogens is 206 g/mol. The van der Waals surface area contributed by atoms with Crippen LogP contribution in [0.15, 0.2) is 48.0 Å². The third-order valence-electron chi connectivity index (χ3n) is 3.27. The highest BCUT2D eigenvalue weighted by molar-refractivity contribution is 5.83. The van der Waals surface area contributed by atoms with Gasteiger partial charge in [-0.3, -0.25) is 4.99 Å². The molecule has 1 aromatic rings. The van der Waals surface area contributed by atoms with Crippen LogP contribution in [-0.2, 0) is 0 Å². The van der Waals surface area contributed by atoms with Gasteiger partial charge < -0.3 is 0 Å². The van der Waals surface area contributed by atoms with Crippen molar-refractivity contribution in [1.82, 2.24) is 0 Å². The lowest BCUT2D eigenvalue weighted by Crippen LogP contribution is -2.13. The summed E-state index contributed by atoms with van der Waals surface area (Å²) in [6, 6.07) is 7.96. The Kier molecular flexibility index (Phi) is 4.45. The van der Waals surface area contributed by atoms with Crippen LogP contribution in [0.3, 0.4) is 0 Å². The molecule has 0 fully saturated rings. The highest BCUT2D eigenvalue weighted by atomic mass is 14.7. The van der Waals surface area contributed by atoms with E-state index in [2.05, 4.69) is 38.9 Å². The van der Waals surface area contributed by atoms with Crippen molar-refractivity contribution in [2.45, 2.75) is 27.2 Å². The minimum absolute atomic E-state index is 0.104. The molecule has 1 heteroatoms. The van der Waals surface area contributed by atoms with Gasteiger partial charge in [0.05, 0.1) is 5.69 Å². The zero-order chi connectivity index (χ0) is 12.9. The van der Waals surface area contributed by atoms with Crippen LogP contribution in [0.5, 0.6) is 0 Å². The summed E-state index contributed by atoms with van der Waals surface area (Å²) in [5.74, 6) is 0. The van der Waals surface area contributed by atoms with Crippen molar-refractivity contribution in [3.05, 3.63) is 48.6 Å². The van der Waals surface area contributed by atoms with E-state index >= 15 is 0 Å². The van der Waals surface area contributed by atoms with Gasteiger partial charge in [0.2, 0.25) is 0 Å². The minimum atomic E-state index is 0.104. The second-order valence-electron chi connectivity index (χ2n) is 4.78. The fourth-order valence-electron chi connectivity index (χ4n) is 1.33. The average molecular weight is 227 g/mol. The molecule has 1 nitrogen and oxygen atoms in total. The molecule has 0 spiro atoms. The fourth-order valence-corrected chi connectivity index (χ4v) is 1.33. The van der Waals surface area contributed by atoms with Gasteiger partial charge in [0.25, 0.3) is 0 Å². The zero-order valence-electron chi connectivity index (χ0n) is 11.0. The molecule has 0 aliphatic carbocycles. The van der Waals surface area contributed by atoms with Crippen molar-refractivity contribution < 1.29 is 0 Å². The quantitative estimate of drug-likeness (QED) is 0.626. The highest BCUT2D eigenvalue weighted by Gasteiger charge is 2.17. The maximum Gasteiger partial charge on any atom is 0.0701 e. The summed E-state index contributed by atoms with van der Waals surface area (Å²) in [7, 11) is 0. The Labute approximate surface area is 105 Å². The summed E-state index contributed by atoms with van der Waals surface area (Å²) >= 11 is 0. The average Bonchev–Trinajstić information content (AvgIpc) is 2.36. The van der Waals surface area contributed by atoms with E-state index in [1.807, 2.05) is 36.6 Å². The number of rotatable bonds is 5. The largest absolute Gasteiger partial charge is 0.256 e. The molecule has 17 heavy (non-hydrogen) atoms. The molecule has 0 bridgehead atoms. The van der Waals surface area contributed by atoms with Crippen LogP contribution < -0.4 is 0 Å². The summed E-state index contributed by atoms with van der Waals surface area (Å²) in [6.07, 6.45) is 4.74. The summed E-state index contributed by atoms with van der Waals surface area (Å²) in [4.78, 5) is 4.50. The van der Waals surface area contributed by atoms with Crippen LogP contribution in [0.1, 0.15) is 32.8 Å². The van der Waals surface area contributed by atoms with Gasteiger partial charge in [0, 0.05) is 6.21 Å². The maximum absolute atomic E-state index is 4.50. The van der Waals surface area contributed by atoms with Gasteiger partial charge in [-0.1, -0.05) is 58.2 Å². The van der Waals surface area contributed by atoms with Gasteiger partial charge in [0.15, 0.2) is 0 Å². The van der Waals surface area contributed by atoms with Crippen LogP contribution in [0, 0.1) is 5.41 Å². The molecule has 0 radical (unpaired) electrons. The second-order valence-corrected chi connectivity index (χ2v) is 4.78. The normalized spacial score (nSPS) is 11.7. The number of allylic oxidation sites excluding steroid dienone is 1. The SMILES string of the molecule is C=Cc1ccccc1N=CC(=C)C(C)(C)CC. The van der Waals surface area contributed by atoms with Crippen LogP contribution in [0.2, 0.25) is 0 Å². The third-order valence-corrected chi connectivity index (χ3v) is 3.27. The van der Waals surface area contributed by atoms with Gasteiger partial charge in [-0.25, -0.2) is 0 Å². The van der Waals surface area contributed by atoms with Crippen molar-refractivity contribution in [3.8, 4) is 0 Å². The van der Waals surface area contributed by atoms with E-state index in [-0.39, 0.29) is 5.41 Å². The van der Waals surface area contributed by atoms with E-state index in [4.69, 9.17) is 0 Å². The Balaban J connectivity index is 2.91. The van der Waals surface area contributed by atoms with Crippen molar-refractivity contribution in [2.75, 3.05) is 0 Å². The number of nitrogens with zero attached hydrogens (tertiary/aromatic N) is 1. The summed E-state index contributed by atoms with van der Waals surface area (Å²) in [5.41, 5.74) is 3.15. The van der Waals surface area contributed by atoms with Gasteiger partial charge in [0.1, 0.15) is 0 Å². The summed E-state index contributed by atoms with van der Waals surface area (Å²) in [5, 5.41) is 0. The first kappa shape index (κ1) is 13.4. The number of hydrogen-bond acceptors (Lipinski definition) is 1. The molecule has 0 atom stereocenters. The first-order valence-corrected chi connectivity index (χ1v) is 5.96. The van der Waals surface area contributed by atoms with E-state index in [0.717, 1.165) is 23.2 Å². The van der Waals surface area contributed by atoms with E-state index in [9.17, 15) is 0 Å². The fraction of sp³-hybridized carbons (Fsp3) is 0.312. The predicted octanol–water partition coefficient (Wildman–Crippen LogP) is 5.02. The molecule has 0 aromatic heterocycles. The molecule has 0 saturated carbocycles. The van der Waals surface area contributed by atoms with Gasteiger partial charge in [-0.05, 0) is 29.0 Å². The van der Waals surface area contributed by atoms with Crippen molar-refractivity contribution in [1.29, 1.82) is 0 Å². The Hall–Kier alpha value is -1.63. The molecule has 90 valence electrons. The van der Waals surface area contributed by atoms with E-state index in [1.165, 1.54) is 0 Å². The predicted molar refractivity (Wildman–Crippen MR) is 77.9 cm³/mol. The van der Waals surface area contributed by atoms with Crippen molar-refractivity contribution in [3.63, 3.8) is 0 Å². The number of benzene rings is 1. The molecule has 1 rings (SSSR count). The van der Waals surface area contributed by atoms with Crippen LogP contribution in [0.25, 0.3) is 6.08 Å². The molecule has 1 aromatic carbocycles. The first-order valence-electron chi connectivity index (χ1n) is 5.96. The number of hydrogen-bond donors (Lipinski definition) is 0. The highest BCUT2D eigenvalue weighted by Crippen LogP contribution is 2.28. The van der Waals surface area contributed by atoms with Crippen LogP contribution >= 0.6 is 0 Å².